The summed E-state index contributed by atoms with van der Waals surface area (Å²) in [5.41, 5.74) is 1.59. The number of alkyl carbamates (subject to hydrolysis) is 1. The summed E-state index contributed by atoms with van der Waals surface area (Å²) < 4.78 is 46.1. The first-order valence-electron chi connectivity index (χ1n) is 14.6. The van der Waals surface area contributed by atoms with Crippen LogP contribution in [0.2, 0.25) is 0 Å². The monoisotopic (exact) mass is 615 g/mol. The highest BCUT2D eigenvalue weighted by atomic mass is 32.2. The van der Waals surface area contributed by atoms with E-state index < -0.39 is 34.4 Å². The fraction of sp³-hybridized carbons (Fsp3) is 0.533. The summed E-state index contributed by atoms with van der Waals surface area (Å²) in [4.78, 5) is 15.0. The van der Waals surface area contributed by atoms with Crippen LogP contribution in [0.15, 0.2) is 53.4 Å². The minimum absolute atomic E-state index is 0.0218. The van der Waals surface area contributed by atoms with E-state index in [1.165, 1.54) is 10.4 Å². The molecule has 2 aliphatic heterocycles. The van der Waals surface area contributed by atoms with E-state index in [1.807, 2.05) is 58.3 Å². The number of nitrogens with one attached hydrogen (secondary N) is 2. The summed E-state index contributed by atoms with van der Waals surface area (Å²) in [6.07, 6.45) is -1.74. The van der Waals surface area contributed by atoms with E-state index in [1.54, 1.807) is 17.0 Å². The third-order valence-electron chi connectivity index (χ3n) is 7.84. The molecule has 2 saturated heterocycles. The molecule has 234 valence electrons. The minimum atomic E-state index is -4.03. The number of hydrogen-bond donors (Lipinski definition) is 3. The van der Waals surface area contributed by atoms with Crippen LogP contribution < -0.4 is 10.2 Å². The quantitative estimate of drug-likeness (QED) is 0.280. The van der Waals surface area contributed by atoms with E-state index in [9.17, 15) is 18.3 Å². The number of carbonyl (C=O) groups excluding carboxylic acids is 1. The minimum Gasteiger partial charge on any atom is -0.443 e. The van der Waals surface area contributed by atoms with Gasteiger partial charge in [0.15, 0.2) is 12.1 Å². The van der Waals surface area contributed by atoms with Crippen molar-refractivity contribution < 1.29 is 32.5 Å². The van der Waals surface area contributed by atoms with Gasteiger partial charge in [0, 0.05) is 32.6 Å². The normalized spacial score (nSPS) is 21.7. The molecule has 0 aliphatic carbocycles. The molecule has 12 nitrogen and oxygen atoms in total. The van der Waals surface area contributed by atoms with E-state index >= 15 is 0 Å². The number of amides is 1. The number of rotatable bonds is 12. The van der Waals surface area contributed by atoms with Crippen molar-refractivity contribution in [3.8, 4) is 0 Å². The second-order valence-corrected chi connectivity index (χ2v) is 13.8. The maximum atomic E-state index is 14.0. The Bertz CT molecular complexity index is 1500. The van der Waals surface area contributed by atoms with Crippen molar-refractivity contribution >= 4 is 32.8 Å². The first kappa shape index (κ1) is 31.2. The summed E-state index contributed by atoms with van der Waals surface area (Å²) in [7, 11) is -0.356. The van der Waals surface area contributed by atoms with E-state index in [0.29, 0.717) is 23.3 Å². The van der Waals surface area contributed by atoms with Gasteiger partial charge in [0.25, 0.3) is 0 Å². The van der Waals surface area contributed by atoms with Gasteiger partial charge in [-0.15, -0.1) is 0 Å². The number of fused-ring (bicyclic) bond motifs is 2. The molecule has 0 spiro atoms. The first-order chi connectivity index (χ1) is 20.5. The van der Waals surface area contributed by atoms with Gasteiger partial charge in [-0.05, 0) is 42.5 Å². The molecule has 3 aromatic rings. The van der Waals surface area contributed by atoms with E-state index in [-0.39, 0.29) is 49.1 Å². The molecule has 2 fully saturated rings. The number of nitrogens with zero attached hydrogens (tertiary/aromatic N) is 3. The molecule has 3 N–H and O–H groups in total. The Balaban J connectivity index is 1.37. The number of aromatic amines is 1. The lowest BCUT2D eigenvalue weighted by molar-refractivity contribution is -0.0907. The van der Waals surface area contributed by atoms with Crippen LogP contribution in [0.25, 0.3) is 10.9 Å². The summed E-state index contributed by atoms with van der Waals surface area (Å²) in [6, 6.07) is 13.4. The van der Waals surface area contributed by atoms with Crippen molar-refractivity contribution in [3.05, 3.63) is 54.1 Å². The Hall–Kier alpha value is -3.23. The van der Waals surface area contributed by atoms with Crippen LogP contribution in [0, 0.1) is 11.8 Å². The van der Waals surface area contributed by atoms with Crippen molar-refractivity contribution in [1.29, 1.82) is 0 Å². The van der Waals surface area contributed by atoms with Crippen LogP contribution in [0.3, 0.4) is 0 Å². The highest BCUT2D eigenvalue weighted by molar-refractivity contribution is 7.89. The second kappa shape index (κ2) is 13.2. The molecule has 0 bridgehead atoms. The van der Waals surface area contributed by atoms with E-state index in [2.05, 4.69) is 15.5 Å². The summed E-state index contributed by atoms with van der Waals surface area (Å²) in [6.45, 7) is 4.57. The Kier molecular flexibility index (Phi) is 9.57. The predicted octanol–water partition coefficient (Wildman–Crippen LogP) is 2.74. The van der Waals surface area contributed by atoms with Gasteiger partial charge in [0.2, 0.25) is 10.0 Å². The fourth-order valence-corrected chi connectivity index (χ4v) is 7.31. The topological polar surface area (TPSA) is 146 Å². The SMILES string of the molecule is CC(C)CN(C[C@@H](O)[C@H](Cc1ccccc1)NC(=O)OC1CO[C@H]2OCC[C@@H]12)S(=O)(=O)c1ccc2[nH]nc(N(C)C)c2c1. The molecule has 5 rings (SSSR count). The van der Waals surface area contributed by atoms with E-state index in [0.717, 1.165) is 12.0 Å². The molecule has 1 amide bonds. The molecule has 3 heterocycles. The zero-order chi connectivity index (χ0) is 30.7. The molecule has 13 heteroatoms. The molecule has 1 unspecified atom stereocenters. The van der Waals surface area contributed by atoms with E-state index in [4.69, 9.17) is 14.2 Å². The molecular weight excluding hydrogens is 574 g/mol. The molecule has 0 saturated carbocycles. The molecular formula is C30H41N5O7S. The summed E-state index contributed by atoms with van der Waals surface area (Å²) >= 11 is 0. The standard InChI is InChI=1S/C30H41N5O7S/c1-19(2)16-35(43(38,39)21-10-11-24-23(15-21)28(33-32-24)34(3)4)17-26(36)25(14-20-8-6-5-7-9-20)31-30(37)42-27-18-41-29-22(27)12-13-40-29/h5-11,15,19,22,25-27,29,36H,12-14,16-18H2,1-4H3,(H,31,37)(H,32,33)/t22-,25-,26+,27?,29+/m0/s1. The van der Waals surface area contributed by atoms with Crippen molar-refractivity contribution in [2.45, 2.75) is 56.1 Å². The fourth-order valence-electron chi connectivity index (χ4n) is 5.67. The van der Waals surface area contributed by atoms with Gasteiger partial charge in [-0.1, -0.05) is 44.2 Å². The van der Waals surface area contributed by atoms with Gasteiger partial charge in [-0.3, -0.25) is 5.10 Å². The number of ether oxygens (including phenoxy) is 3. The number of aliphatic hydroxyl groups is 1. The molecule has 2 aliphatic rings. The Morgan fingerprint density at radius 2 is 1.93 bits per heavy atom. The van der Waals surface area contributed by atoms with Crippen molar-refractivity contribution in [2.24, 2.45) is 11.8 Å². The van der Waals surface area contributed by atoms with Crippen LogP contribution in [-0.2, 0) is 30.7 Å². The number of H-pyrrole nitrogens is 1. The largest absolute Gasteiger partial charge is 0.443 e. The molecule has 2 aromatic carbocycles. The Morgan fingerprint density at radius 3 is 2.65 bits per heavy atom. The number of hydrogen-bond acceptors (Lipinski definition) is 9. The number of sulfonamides is 1. The Morgan fingerprint density at radius 1 is 1.16 bits per heavy atom. The highest BCUT2D eigenvalue weighted by Crippen LogP contribution is 2.33. The molecule has 5 atom stereocenters. The van der Waals surface area contributed by atoms with Crippen LogP contribution in [0.5, 0.6) is 0 Å². The third-order valence-corrected chi connectivity index (χ3v) is 9.67. The third kappa shape index (κ3) is 7.13. The molecule has 0 radical (unpaired) electrons. The number of anilines is 1. The average Bonchev–Trinajstić information content (AvgIpc) is 3.69. The van der Waals surface area contributed by atoms with Crippen LogP contribution in [0.1, 0.15) is 25.8 Å². The number of aliphatic hydroxyl groups excluding tert-OH is 1. The lowest BCUT2D eigenvalue weighted by Crippen LogP contribution is -2.51. The lowest BCUT2D eigenvalue weighted by atomic mass is 10.0. The lowest BCUT2D eigenvalue weighted by Gasteiger charge is -2.31. The highest BCUT2D eigenvalue weighted by Gasteiger charge is 2.44. The smallest absolute Gasteiger partial charge is 0.407 e. The Labute approximate surface area is 252 Å². The maximum absolute atomic E-state index is 14.0. The number of aromatic nitrogens is 2. The van der Waals surface area contributed by atoms with Crippen LogP contribution >= 0.6 is 0 Å². The van der Waals surface area contributed by atoms with Gasteiger partial charge in [0.1, 0.15) is 6.10 Å². The second-order valence-electron chi connectivity index (χ2n) is 11.8. The van der Waals surface area contributed by atoms with Gasteiger partial charge in [0.05, 0.1) is 41.7 Å². The summed E-state index contributed by atoms with van der Waals surface area (Å²) in [5.74, 6) is 0.568. The summed E-state index contributed by atoms with van der Waals surface area (Å²) in [5, 5.41) is 22.2. The van der Waals surface area contributed by atoms with Crippen molar-refractivity contribution in [1.82, 2.24) is 19.8 Å². The van der Waals surface area contributed by atoms with Crippen LogP contribution in [-0.4, -0.2) is 99.1 Å². The van der Waals surface area contributed by atoms with Crippen molar-refractivity contribution in [3.63, 3.8) is 0 Å². The number of carbonyl (C=O) groups is 1. The average molecular weight is 616 g/mol. The van der Waals surface area contributed by atoms with Gasteiger partial charge < -0.3 is 29.5 Å². The zero-order valence-corrected chi connectivity index (χ0v) is 25.8. The molecule has 43 heavy (non-hydrogen) atoms. The predicted molar refractivity (Wildman–Crippen MR) is 161 cm³/mol. The number of benzene rings is 2. The van der Waals surface area contributed by atoms with Gasteiger partial charge in [-0.25, -0.2) is 13.2 Å². The first-order valence-corrected chi connectivity index (χ1v) is 16.0. The van der Waals surface area contributed by atoms with Crippen molar-refractivity contribution in [2.75, 3.05) is 45.3 Å². The zero-order valence-electron chi connectivity index (χ0n) is 25.0. The maximum Gasteiger partial charge on any atom is 0.407 e. The van der Waals surface area contributed by atoms with Gasteiger partial charge >= 0.3 is 6.09 Å². The molecule has 1 aromatic heterocycles. The van der Waals surface area contributed by atoms with Crippen LogP contribution in [0.4, 0.5) is 10.6 Å². The van der Waals surface area contributed by atoms with Gasteiger partial charge in [-0.2, -0.15) is 9.40 Å².